The molecule has 21 heavy (non-hydrogen) atoms. The summed E-state index contributed by atoms with van der Waals surface area (Å²) in [6.07, 6.45) is 1.86. The number of carboxylic acid groups (broad SMARTS) is 1. The third-order valence-electron chi connectivity index (χ3n) is 3.65. The normalized spacial score (nSPS) is 18.4. The fourth-order valence-electron chi connectivity index (χ4n) is 2.45. The number of aromatic carboxylic acids is 1. The maximum atomic E-state index is 12.3. The maximum Gasteiger partial charge on any atom is 0.337 e. The molecule has 1 saturated heterocycles. The maximum absolute atomic E-state index is 12.3. The van der Waals surface area contributed by atoms with Crippen LogP contribution in [0, 0.1) is 6.92 Å². The Morgan fingerprint density at radius 2 is 2.19 bits per heavy atom. The van der Waals surface area contributed by atoms with Crippen molar-refractivity contribution in [1.82, 2.24) is 4.90 Å². The number of carbonyl (C=O) groups is 2. The number of anilines is 1. The fourth-order valence-corrected chi connectivity index (χ4v) is 2.45. The van der Waals surface area contributed by atoms with E-state index in [0.717, 1.165) is 18.4 Å². The van der Waals surface area contributed by atoms with Crippen LogP contribution in [0.15, 0.2) is 18.2 Å². The Bertz CT molecular complexity index is 544. The largest absolute Gasteiger partial charge is 0.478 e. The summed E-state index contributed by atoms with van der Waals surface area (Å²) in [4.78, 5) is 25.2. The molecule has 0 aliphatic carbocycles. The van der Waals surface area contributed by atoms with Crippen LogP contribution in [0.25, 0.3) is 0 Å². The molecule has 1 atom stereocenters. The van der Waals surface area contributed by atoms with Crippen molar-refractivity contribution in [3.63, 3.8) is 0 Å². The number of amides is 2. The molecule has 0 bridgehead atoms. The number of nitrogens with zero attached hydrogens (tertiary/aromatic N) is 1. The van der Waals surface area contributed by atoms with Crippen LogP contribution in [0.4, 0.5) is 10.5 Å². The van der Waals surface area contributed by atoms with E-state index in [0.29, 0.717) is 18.8 Å². The summed E-state index contributed by atoms with van der Waals surface area (Å²) in [5.41, 5.74) is 1.25. The summed E-state index contributed by atoms with van der Waals surface area (Å²) in [5, 5.41) is 11.9. The van der Waals surface area contributed by atoms with E-state index in [2.05, 4.69) is 5.32 Å². The Morgan fingerprint density at radius 1 is 1.43 bits per heavy atom. The van der Waals surface area contributed by atoms with Gasteiger partial charge in [-0.05, 0) is 31.9 Å². The Morgan fingerprint density at radius 3 is 2.86 bits per heavy atom. The zero-order chi connectivity index (χ0) is 15.4. The van der Waals surface area contributed by atoms with Crippen LogP contribution in [0.2, 0.25) is 0 Å². The number of rotatable bonds is 3. The molecule has 0 aromatic heterocycles. The molecule has 6 nitrogen and oxygen atoms in total. The van der Waals surface area contributed by atoms with Crippen molar-refractivity contribution in [2.45, 2.75) is 25.9 Å². The molecule has 1 aliphatic rings. The van der Waals surface area contributed by atoms with Gasteiger partial charge in [0.2, 0.25) is 0 Å². The van der Waals surface area contributed by atoms with Crippen LogP contribution >= 0.6 is 0 Å². The van der Waals surface area contributed by atoms with Crippen molar-refractivity contribution < 1.29 is 19.4 Å². The summed E-state index contributed by atoms with van der Waals surface area (Å²) in [5.74, 6) is -1.05. The fraction of sp³-hybridized carbons (Fsp3) is 0.467. The van der Waals surface area contributed by atoms with Gasteiger partial charge in [0.25, 0.3) is 0 Å². The van der Waals surface area contributed by atoms with Gasteiger partial charge in [-0.1, -0.05) is 11.6 Å². The second kappa shape index (κ2) is 6.58. The van der Waals surface area contributed by atoms with Gasteiger partial charge in [0.1, 0.15) is 0 Å². The smallest absolute Gasteiger partial charge is 0.337 e. The standard InChI is InChI=1S/C15H20N2O4/c1-10-5-6-13(12(8-10)14(18)19)16-15(20)17-7-3-4-11(9-17)21-2/h5-6,8,11H,3-4,7,9H2,1-2H3,(H,16,20)(H,18,19). The molecule has 0 spiro atoms. The number of nitrogens with one attached hydrogen (secondary N) is 1. The number of hydrogen-bond donors (Lipinski definition) is 2. The number of likely N-dealkylation sites (tertiary alicyclic amines) is 1. The van der Waals surface area contributed by atoms with Crippen molar-refractivity contribution in [2.75, 3.05) is 25.5 Å². The van der Waals surface area contributed by atoms with Crippen LogP contribution in [-0.4, -0.2) is 48.3 Å². The molecule has 114 valence electrons. The van der Waals surface area contributed by atoms with E-state index in [1.807, 2.05) is 6.92 Å². The summed E-state index contributed by atoms with van der Waals surface area (Å²) >= 11 is 0. The average molecular weight is 292 g/mol. The predicted octanol–water partition coefficient (Wildman–Crippen LogP) is 2.34. The van der Waals surface area contributed by atoms with E-state index < -0.39 is 5.97 Å². The van der Waals surface area contributed by atoms with E-state index in [-0.39, 0.29) is 17.7 Å². The minimum absolute atomic E-state index is 0.0430. The first-order valence-corrected chi connectivity index (χ1v) is 6.94. The molecule has 1 aromatic carbocycles. The van der Waals surface area contributed by atoms with Crippen LogP contribution < -0.4 is 5.32 Å². The van der Waals surface area contributed by atoms with Gasteiger partial charge >= 0.3 is 12.0 Å². The molecule has 1 aliphatic heterocycles. The second-order valence-electron chi connectivity index (χ2n) is 5.23. The Labute approximate surface area is 123 Å². The average Bonchev–Trinajstić information content (AvgIpc) is 2.48. The second-order valence-corrected chi connectivity index (χ2v) is 5.23. The first-order valence-electron chi connectivity index (χ1n) is 6.94. The van der Waals surface area contributed by atoms with Crippen molar-refractivity contribution >= 4 is 17.7 Å². The third-order valence-corrected chi connectivity index (χ3v) is 3.65. The minimum Gasteiger partial charge on any atom is -0.478 e. The van der Waals surface area contributed by atoms with E-state index in [1.165, 1.54) is 0 Å². The lowest BCUT2D eigenvalue weighted by Gasteiger charge is -2.32. The van der Waals surface area contributed by atoms with Gasteiger partial charge in [-0.15, -0.1) is 0 Å². The molecule has 0 radical (unpaired) electrons. The Kier molecular flexibility index (Phi) is 4.80. The number of piperidine rings is 1. The molecule has 2 amide bonds. The van der Waals surface area contributed by atoms with Gasteiger partial charge in [-0.25, -0.2) is 9.59 Å². The minimum atomic E-state index is -1.05. The number of hydrogen-bond acceptors (Lipinski definition) is 3. The van der Waals surface area contributed by atoms with Crippen LogP contribution in [0.1, 0.15) is 28.8 Å². The highest BCUT2D eigenvalue weighted by molar-refractivity contribution is 6.00. The first-order chi connectivity index (χ1) is 10.0. The molecule has 1 aromatic rings. The van der Waals surface area contributed by atoms with Crippen molar-refractivity contribution in [3.8, 4) is 0 Å². The lowest BCUT2D eigenvalue weighted by Crippen LogP contribution is -2.45. The number of ether oxygens (including phenoxy) is 1. The zero-order valence-electron chi connectivity index (χ0n) is 12.3. The van der Waals surface area contributed by atoms with Gasteiger partial charge in [0.05, 0.1) is 17.4 Å². The molecule has 2 N–H and O–H groups in total. The number of aryl methyl sites for hydroxylation is 1. The van der Waals surface area contributed by atoms with Crippen LogP contribution in [0.5, 0.6) is 0 Å². The highest BCUT2D eigenvalue weighted by atomic mass is 16.5. The van der Waals surface area contributed by atoms with Gasteiger partial charge < -0.3 is 20.1 Å². The summed E-state index contributed by atoms with van der Waals surface area (Å²) in [6.45, 7) is 2.99. The first kappa shape index (κ1) is 15.3. The highest BCUT2D eigenvalue weighted by Crippen LogP contribution is 2.19. The van der Waals surface area contributed by atoms with E-state index in [4.69, 9.17) is 4.74 Å². The molecular formula is C15H20N2O4. The van der Waals surface area contributed by atoms with Crippen LogP contribution in [0.3, 0.4) is 0 Å². The molecule has 1 heterocycles. The van der Waals surface area contributed by atoms with Gasteiger partial charge in [0, 0.05) is 20.2 Å². The van der Waals surface area contributed by atoms with Crippen molar-refractivity contribution in [3.05, 3.63) is 29.3 Å². The molecular weight excluding hydrogens is 272 g/mol. The quantitative estimate of drug-likeness (QED) is 0.896. The van der Waals surface area contributed by atoms with Gasteiger partial charge in [0.15, 0.2) is 0 Å². The molecule has 6 heteroatoms. The van der Waals surface area contributed by atoms with E-state index in [9.17, 15) is 14.7 Å². The van der Waals surface area contributed by atoms with Crippen molar-refractivity contribution in [2.24, 2.45) is 0 Å². The van der Waals surface area contributed by atoms with Crippen molar-refractivity contribution in [1.29, 1.82) is 0 Å². The van der Waals surface area contributed by atoms with E-state index >= 15 is 0 Å². The van der Waals surface area contributed by atoms with E-state index in [1.54, 1.807) is 30.2 Å². The molecule has 1 fully saturated rings. The summed E-state index contributed by atoms with van der Waals surface area (Å²) in [7, 11) is 1.63. The summed E-state index contributed by atoms with van der Waals surface area (Å²) < 4.78 is 5.28. The topological polar surface area (TPSA) is 78.9 Å². The number of carboxylic acids is 1. The molecule has 2 rings (SSSR count). The van der Waals surface area contributed by atoms with Crippen LogP contribution in [-0.2, 0) is 4.74 Å². The SMILES string of the molecule is COC1CCCN(C(=O)Nc2ccc(C)cc2C(=O)O)C1. The Hall–Kier alpha value is -2.08. The number of carbonyl (C=O) groups excluding carboxylic acids is 1. The third kappa shape index (κ3) is 3.72. The Balaban J connectivity index is 2.11. The predicted molar refractivity (Wildman–Crippen MR) is 78.8 cm³/mol. The highest BCUT2D eigenvalue weighted by Gasteiger charge is 2.24. The lowest BCUT2D eigenvalue weighted by molar-refractivity contribution is 0.0458. The molecule has 1 unspecified atom stereocenters. The monoisotopic (exact) mass is 292 g/mol. The summed E-state index contributed by atoms with van der Waals surface area (Å²) in [6, 6.07) is 4.65. The lowest BCUT2D eigenvalue weighted by atomic mass is 10.1. The number of urea groups is 1. The number of benzene rings is 1. The molecule has 0 saturated carbocycles. The zero-order valence-corrected chi connectivity index (χ0v) is 12.3. The number of methoxy groups -OCH3 is 1. The van der Waals surface area contributed by atoms with Gasteiger partial charge in [-0.3, -0.25) is 0 Å². The van der Waals surface area contributed by atoms with Gasteiger partial charge in [-0.2, -0.15) is 0 Å².